The van der Waals surface area contributed by atoms with Gasteiger partial charge in [0.1, 0.15) is 6.67 Å². The summed E-state index contributed by atoms with van der Waals surface area (Å²) >= 11 is 0. The van der Waals surface area contributed by atoms with E-state index in [1.807, 2.05) is 13.1 Å². The molecule has 1 aliphatic heterocycles. The Kier molecular flexibility index (Phi) is 3.29. The second-order valence-corrected chi connectivity index (χ2v) is 4.87. The number of halogens is 1. The molecule has 19 heavy (non-hydrogen) atoms. The molecule has 0 spiro atoms. The summed E-state index contributed by atoms with van der Waals surface area (Å²) in [4.78, 5) is 6.52. The van der Waals surface area contributed by atoms with Crippen molar-refractivity contribution in [2.45, 2.75) is 25.9 Å². The van der Waals surface area contributed by atoms with Crippen molar-refractivity contribution >= 4 is 0 Å². The van der Waals surface area contributed by atoms with Gasteiger partial charge in [-0.3, -0.25) is 9.58 Å². The molecule has 0 saturated carbocycles. The van der Waals surface area contributed by atoms with Gasteiger partial charge in [0.25, 0.3) is 0 Å². The Balaban J connectivity index is 1.50. The third-order valence-electron chi connectivity index (χ3n) is 3.26. The predicted molar refractivity (Wildman–Crippen MR) is 65.3 cm³/mol. The number of aryl methyl sites for hydroxylation is 2. The standard InChI is InChI=1S/C12H16FN5O/c1-9-15-12(19-16-9)11-7-17(8-11)5-10-4-14-18(6-10)3-2-13/h4,6,11H,2-3,5,7-8H2,1H3. The molecule has 0 atom stereocenters. The highest BCUT2D eigenvalue weighted by molar-refractivity contribution is 5.08. The van der Waals surface area contributed by atoms with Crippen LogP contribution in [0.4, 0.5) is 4.39 Å². The van der Waals surface area contributed by atoms with Gasteiger partial charge in [0.05, 0.1) is 18.7 Å². The Morgan fingerprint density at radius 2 is 2.32 bits per heavy atom. The fourth-order valence-electron chi connectivity index (χ4n) is 2.29. The molecule has 0 unspecified atom stereocenters. The predicted octanol–water partition coefficient (Wildman–Crippen LogP) is 1.14. The van der Waals surface area contributed by atoms with Crippen molar-refractivity contribution in [1.82, 2.24) is 24.8 Å². The van der Waals surface area contributed by atoms with Crippen molar-refractivity contribution in [2.75, 3.05) is 19.8 Å². The lowest BCUT2D eigenvalue weighted by Crippen LogP contribution is -2.44. The van der Waals surface area contributed by atoms with Crippen molar-refractivity contribution in [3.63, 3.8) is 0 Å². The Labute approximate surface area is 110 Å². The number of aromatic nitrogens is 4. The second-order valence-electron chi connectivity index (χ2n) is 4.87. The summed E-state index contributed by atoms with van der Waals surface area (Å²) in [5, 5.41) is 7.91. The molecule has 0 radical (unpaired) electrons. The number of hydrogen-bond acceptors (Lipinski definition) is 5. The average Bonchev–Trinajstić information content (AvgIpc) is 2.93. The van der Waals surface area contributed by atoms with E-state index >= 15 is 0 Å². The molecule has 2 aromatic rings. The van der Waals surface area contributed by atoms with Crippen molar-refractivity contribution in [3.05, 3.63) is 29.7 Å². The van der Waals surface area contributed by atoms with E-state index in [2.05, 4.69) is 20.1 Å². The van der Waals surface area contributed by atoms with E-state index in [1.54, 1.807) is 10.9 Å². The van der Waals surface area contributed by atoms with Crippen LogP contribution in [0.25, 0.3) is 0 Å². The molecular formula is C12H16FN5O. The highest BCUT2D eigenvalue weighted by Crippen LogP contribution is 2.26. The van der Waals surface area contributed by atoms with Crippen molar-refractivity contribution in [2.24, 2.45) is 0 Å². The molecule has 0 N–H and O–H groups in total. The minimum atomic E-state index is -0.385. The summed E-state index contributed by atoms with van der Waals surface area (Å²) < 4.78 is 19.0. The van der Waals surface area contributed by atoms with Crippen LogP contribution in [-0.2, 0) is 13.1 Å². The number of nitrogens with zero attached hydrogens (tertiary/aromatic N) is 5. The number of alkyl halides is 1. The molecule has 7 heteroatoms. The molecule has 1 fully saturated rings. The molecule has 0 bridgehead atoms. The second kappa shape index (κ2) is 5.08. The van der Waals surface area contributed by atoms with Crippen LogP contribution in [0.15, 0.2) is 16.9 Å². The van der Waals surface area contributed by atoms with Crippen molar-refractivity contribution < 1.29 is 8.91 Å². The lowest BCUT2D eigenvalue weighted by molar-refractivity contribution is 0.117. The normalized spacial score (nSPS) is 16.7. The van der Waals surface area contributed by atoms with Crippen LogP contribution in [0.2, 0.25) is 0 Å². The van der Waals surface area contributed by atoms with Crippen LogP contribution in [-0.4, -0.2) is 44.6 Å². The van der Waals surface area contributed by atoms with Gasteiger partial charge in [-0.1, -0.05) is 5.16 Å². The third kappa shape index (κ3) is 2.65. The monoisotopic (exact) mass is 265 g/mol. The Morgan fingerprint density at radius 1 is 1.47 bits per heavy atom. The van der Waals surface area contributed by atoms with E-state index in [0.29, 0.717) is 18.3 Å². The summed E-state index contributed by atoms with van der Waals surface area (Å²) in [6, 6.07) is 0. The molecule has 102 valence electrons. The number of rotatable bonds is 5. The molecule has 1 aliphatic rings. The maximum Gasteiger partial charge on any atom is 0.232 e. The van der Waals surface area contributed by atoms with Crippen LogP contribution in [0.1, 0.15) is 23.2 Å². The first-order valence-corrected chi connectivity index (χ1v) is 6.34. The zero-order valence-electron chi connectivity index (χ0n) is 10.8. The van der Waals surface area contributed by atoms with E-state index in [9.17, 15) is 4.39 Å². The summed E-state index contributed by atoms with van der Waals surface area (Å²) in [5.41, 5.74) is 1.11. The zero-order chi connectivity index (χ0) is 13.2. The molecule has 3 heterocycles. The Morgan fingerprint density at radius 3 is 3.00 bits per heavy atom. The van der Waals surface area contributed by atoms with E-state index in [0.717, 1.165) is 31.1 Å². The third-order valence-corrected chi connectivity index (χ3v) is 3.26. The number of likely N-dealkylation sites (tertiary alicyclic amines) is 1. The Hall–Kier alpha value is -1.76. The van der Waals surface area contributed by atoms with Crippen LogP contribution < -0.4 is 0 Å². The lowest BCUT2D eigenvalue weighted by Gasteiger charge is -2.36. The highest BCUT2D eigenvalue weighted by atomic mass is 19.1. The summed E-state index contributed by atoms with van der Waals surface area (Å²) in [6.07, 6.45) is 3.68. The van der Waals surface area contributed by atoms with Gasteiger partial charge in [-0.15, -0.1) is 0 Å². The molecule has 2 aromatic heterocycles. The van der Waals surface area contributed by atoms with Gasteiger partial charge in [-0.05, 0) is 6.92 Å². The minimum absolute atomic E-state index is 0.323. The average molecular weight is 265 g/mol. The molecular weight excluding hydrogens is 249 g/mol. The minimum Gasteiger partial charge on any atom is -0.339 e. The zero-order valence-corrected chi connectivity index (χ0v) is 10.8. The SMILES string of the molecule is Cc1noc(C2CN(Cc3cnn(CCF)c3)C2)n1. The van der Waals surface area contributed by atoms with E-state index in [4.69, 9.17) is 4.52 Å². The number of hydrogen-bond donors (Lipinski definition) is 0. The van der Waals surface area contributed by atoms with Crippen molar-refractivity contribution in [3.8, 4) is 0 Å². The van der Waals surface area contributed by atoms with Gasteiger partial charge >= 0.3 is 0 Å². The lowest BCUT2D eigenvalue weighted by atomic mass is 10.00. The quantitative estimate of drug-likeness (QED) is 0.811. The maximum absolute atomic E-state index is 12.2. The van der Waals surface area contributed by atoms with Crippen LogP contribution >= 0.6 is 0 Å². The van der Waals surface area contributed by atoms with Gasteiger partial charge < -0.3 is 4.52 Å². The van der Waals surface area contributed by atoms with Gasteiger partial charge in [-0.2, -0.15) is 10.1 Å². The molecule has 0 aliphatic carbocycles. The van der Waals surface area contributed by atoms with Crippen LogP contribution in [0.5, 0.6) is 0 Å². The summed E-state index contributed by atoms with van der Waals surface area (Å²) in [6.45, 7) is 4.41. The molecule has 6 nitrogen and oxygen atoms in total. The topological polar surface area (TPSA) is 60.0 Å². The molecule has 3 rings (SSSR count). The van der Waals surface area contributed by atoms with E-state index in [-0.39, 0.29) is 6.67 Å². The fraction of sp³-hybridized carbons (Fsp3) is 0.583. The first-order chi connectivity index (χ1) is 9.24. The Bertz CT molecular complexity index is 546. The first kappa shape index (κ1) is 12.3. The van der Waals surface area contributed by atoms with Gasteiger partial charge in [0.2, 0.25) is 5.89 Å². The van der Waals surface area contributed by atoms with Crippen LogP contribution in [0.3, 0.4) is 0 Å². The smallest absolute Gasteiger partial charge is 0.232 e. The first-order valence-electron chi connectivity index (χ1n) is 6.34. The fourth-order valence-corrected chi connectivity index (χ4v) is 2.29. The summed E-state index contributed by atoms with van der Waals surface area (Å²) in [5.74, 6) is 1.74. The molecule has 0 amide bonds. The van der Waals surface area contributed by atoms with Gasteiger partial charge in [0.15, 0.2) is 5.82 Å². The molecule has 0 aromatic carbocycles. The van der Waals surface area contributed by atoms with Gasteiger partial charge in [-0.25, -0.2) is 4.39 Å². The molecule has 1 saturated heterocycles. The largest absolute Gasteiger partial charge is 0.339 e. The van der Waals surface area contributed by atoms with E-state index < -0.39 is 0 Å². The summed E-state index contributed by atoms with van der Waals surface area (Å²) in [7, 11) is 0. The highest BCUT2D eigenvalue weighted by Gasteiger charge is 2.32. The van der Waals surface area contributed by atoms with Gasteiger partial charge in [0, 0.05) is 31.4 Å². The van der Waals surface area contributed by atoms with Crippen LogP contribution in [0, 0.1) is 6.92 Å². The van der Waals surface area contributed by atoms with Crippen molar-refractivity contribution in [1.29, 1.82) is 0 Å². The van der Waals surface area contributed by atoms with E-state index in [1.165, 1.54) is 0 Å². The maximum atomic E-state index is 12.2.